The van der Waals surface area contributed by atoms with Crippen LogP contribution in [0.25, 0.3) is 0 Å². The van der Waals surface area contributed by atoms with Crippen LogP contribution in [0.5, 0.6) is 0 Å². The summed E-state index contributed by atoms with van der Waals surface area (Å²) in [5, 5.41) is 9.83. The van der Waals surface area contributed by atoms with Gasteiger partial charge in [0.05, 0.1) is 5.60 Å². The summed E-state index contributed by atoms with van der Waals surface area (Å²) in [6.45, 7) is 22.4. The van der Waals surface area contributed by atoms with Crippen LogP contribution in [0.2, 0.25) is 0 Å². The van der Waals surface area contributed by atoms with Crippen LogP contribution < -0.4 is 0 Å². The topological polar surface area (TPSA) is 20.2 Å². The minimum atomic E-state index is -0.584. The zero-order chi connectivity index (χ0) is 31.1. The maximum Gasteiger partial charge on any atom is 0.0626 e. The van der Waals surface area contributed by atoms with Crippen molar-refractivity contribution < 1.29 is 5.11 Å². The lowest BCUT2D eigenvalue weighted by Gasteiger charge is -2.16. The number of hydrogen-bond donors (Lipinski definition) is 1. The van der Waals surface area contributed by atoms with Crippen molar-refractivity contribution in [1.29, 1.82) is 0 Å². The highest BCUT2D eigenvalue weighted by atomic mass is 16.3. The van der Waals surface area contributed by atoms with Crippen LogP contribution in [0, 0.1) is 23.7 Å². The third kappa shape index (κ3) is 28.8. The van der Waals surface area contributed by atoms with E-state index in [0.29, 0.717) is 5.92 Å². The van der Waals surface area contributed by atoms with Crippen molar-refractivity contribution in [1.82, 2.24) is 0 Å². The maximum atomic E-state index is 9.83. The minimum Gasteiger partial charge on any atom is -0.390 e. The summed E-state index contributed by atoms with van der Waals surface area (Å²) in [6, 6.07) is 0. The Morgan fingerprint density at radius 2 is 1.02 bits per heavy atom. The lowest BCUT2D eigenvalue weighted by Crippen LogP contribution is -2.16. The van der Waals surface area contributed by atoms with Crippen LogP contribution in [0.15, 0.2) is 47.1 Å². The van der Waals surface area contributed by atoms with Crippen molar-refractivity contribution in [3.05, 3.63) is 47.1 Å². The lowest BCUT2D eigenvalue weighted by molar-refractivity contribution is 0.0837. The van der Waals surface area contributed by atoms with Crippen molar-refractivity contribution in [2.24, 2.45) is 23.7 Å². The summed E-state index contributed by atoms with van der Waals surface area (Å²) in [5.41, 5.74) is 3.95. The van der Waals surface area contributed by atoms with Crippen LogP contribution in [-0.2, 0) is 0 Å². The molecule has 0 aliphatic heterocycles. The molecule has 4 unspecified atom stereocenters. The second kappa shape index (κ2) is 24.4. The van der Waals surface area contributed by atoms with Gasteiger partial charge in [0, 0.05) is 0 Å². The summed E-state index contributed by atoms with van der Waals surface area (Å²) >= 11 is 0. The van der Waals surface area contributed by atoms with Gasteiger partial charge in [-0.2, -0.15) is 0 Å². The van der Waals surface area contributed by atoms with Gasteiger partial charge >= 0.3 is 0 Å². The van der Waals surface area contributed by atoms with Gasteiger partial charge in [0.15, 0.2) is 0 Å². The highest BCUT2D eigenvalue weighted by molar-refractivity contribution is 5.05. The summed E-state index contributed by atoms with van der Waals surface area (Å²) in [5.74, 6) is 3.21. The van der Waals surface area contributed by atoms with Gasteiger partial charge in [-0.1, -0.05) is 133 Å². The predicted molar refractivity (Wildman–Crippen MR) is 188 cm³/mol. The Hall–Kier alpha value is -1.08. The Labute approximate surface area is 259 Å². The molecule has 0 saturated carbocycles. The molecule has 0 spiro atoms. The van der Waals surface area contributed by atoms with E-state index in [1.165, 1.54) is 114 Å². The fourth-order valence-corrected chi connectivity index (χ4v) is 5.66. The number of rotatable bonds is 25. The van der Waals surface area contributed by atoms with Gasteiger partial charge in [-0.05, 0) is 117 Å². The van der Waals surface area contributed by atoms with Crippen LogP contribution >= 0.6 is 0 Å². The molecular weight excluding hydrogens is 496 g/mol. The first kappa shape index (κ1) is 39.9. The smallest absolute Gasteiger partial charge is 0.0626 e. The molecule has 0 aromatic heterocycles. The quantitative estimate of drug-likeness (QED) is 0.0854. The number of allylic oxidation sites excluding steroid dienone is 7. The molecule has 0 radical (unpaired) electrons. The Morgan fingerprint density at radius 3 is 1.54 bits per heavy atom. The van der Waals surface area contributed by atoms with E-state index in [-0.39, 0.29) is 0 Å². The van der Waals surface area contributed by atoms with Gasteiger partial charge in [0.2, 0.25) is 0 Å². The van der Waals surface area contributed by atoms with Crippen molar-refractivity contribution in [3.8, 4) is 0 Å². The van der Waals surface area contributed by atoms with Crippen LogP contribution in [0.4, 0.5) is 0 Å². The average molecular weight is 571 g/mol. The van der Waals surface area contributed by atoms with E-state index in [1.807, 2.05) is 13.8 Å². The molecule has 0 saturated heterocycles. The van der Waals surface area contributed by atoms with E-state index < -0.39 is 5.60 Å². The van der Waals surface area contributed by atoms with Crippen LogP contribution in [0.1, 0.15) is 178 Å². The van der Waals surface area contributed by atoms with Gasteiger partial charge in [-0.3, -0.25) is 0 Å². The molecule has 0 fully saturated rings. The Balaban J connectivity index is 3.83. The molecule has 0 aliphatic carbocycles. The molecule has 1 nitrogen and oxygen atoms in total. The predicted octanol–water partition coefficient (Wildman–Crippen LogP) is 13.3. The molecule has 0 aromatic rings. The molecule has 0 aromatic carbocycles. The molecule has 0 amide bonds. The lowest BCUT2D eigenvalue weighted by atomic mass is 9.90. The molecule has 41 heavy (non-hydrogen) atoms. The Morgan fingerprint density at radius 1 is 0.585 bits per heavy atom. The summed E-state index contributed by atoms with van der Waals surface area (Å²) in [4.78, 5) is 0. The average Bonchev–Trinajstić information content (AvgIpc) is 2.85. The molecular formula is C40H74O. The zero-order valence-corrected chi connectivity index (χ0v) is 29.7. The van der Waals surface area contributed by atoms with Gasteiger partial charge in [0.25, 0.3) is 0 Å². The number of unbranched alkanes of at least 4 members (excludes halogenated alkanes) is 1. The van der Waals surface area contributed by atoms with Gasteiger partial charge in [-0.25, -0.2) is 0 Å². The molecule has 0 heterocycles. The summed E-state index contributed by atoms with van der Waals surface area (Å²) in [7, 11) is 0. The largest absolute Gasteiger partial charge is 0.390 e. The van der Waals surface area contributed by atoms with Crippen LogP contribution in [-0.4, -0.2) is 10.7 Å². The fraction of sp³-hybridized carbons (Fsp3) is 0.800. The van der Waals surface area contributed by atoms with Gasteiger partial charge < -0.3 is 5.11 Å². The second-order valence-corrected chi connectivity index (χ2v) is 14.9. The third-order valence-corrected chi connectivity index (χ3v) is 8.75. The molecule has 0 rings (SSSR count). The first-order valence-corrected chi connectivity index (χ1v) is 17.6. The number of aliphatic hydroxyl groups is 1. The zero-order valence-electron chi connectivity index (χ0n) is 29.7. The normalized spacial score (nSPS) is 16.2. The highest BCUT2D eigenvalue weighted by Crippen LogP contribution is 2.23. The molecule has 0 aliphatic rings. The van der Waals surface area contributed by atoms with Gasteiger partial charge in [0.1, 0.15) is 0 Å². The summed E-state index contributed by atoms with van der Waals surface area (Å²) < 4.78 is 0. The standard InChI is InChI=1S/C40H74O/c1-33(2)19-13-22-36(5)25-16-28-37(6)26-14-23-34(3)20-11-12-21-35(4)24-15-27-38(7)29-17-30-39(8)31-18-32-40(9,10)41/h18-19,25-26,31,34-35,38-39,41H,11-17,20-24,27-30,32H2,1-10H3/b31-18+,36-25+,37-26+. The van der Waals surface area contributed by atoms with Gasteiger partial charge in [-0.15, -0.1) is 0 Å². The first-order chi connectivity index (χ1) is 19.3. The van der Waals surface area contributed by atoms with Crippen molar-refractivity contribution in [3.63, 3.8) is 0 Å². The Kier molecular flexibility index (Phi) is 23.7. The SMILES string of the molecule is CC(C)=CCC/C(C)=C/CC/C(C)=C/CCC(C)CCCCC(C)CCCC(C)CCCC(C)/C=C/CC(C)(C)O. The van der Waals surface area contributed by atoms with E-state index in [0.717, 1.165) is 24.2 Å². The van der Waals surface area contributed by atoms with E-state index in [9.17, 15) is 5.11 Å². The van der Waals surface area contributed by atoms with E-state index in [1.54, 1.807) is 5.57 Å². The van der Waals surface area contributed by atoms with Crippen molar-refractivity contribution in [2.75, 3.05) is 0 Å². The molecule has 1 N–H and O–H groups in total. The van der Waals surface area contributed by atoms with E-state index in [4.69, 9.17) is 0 Å². The van der Waals surface area contributed by atoms with Crippen LogP contribution in [0.3, 0.4) is 0 Å². The molecule has 240 valence electrons. The van der Waals surface area contributed by atoms with Crippen molar-refractivity contribution >= 4 is 0 Å². The number of hydrogen-bond acceptors (Lipinski definition) is 1. The monoisotopic (exact) mass is 571 g/mol. The first-order valence-electron chi connectivity index (χ1n) is 17.6. The Bertz CT molecular complexity index is 739. The highest BCUT2D eigenvalue weighted by Gasteiger charge is 2.10. The third-order valence-electron chi connectivity index (χ3n) is 8.75. The summed E-state index contributed by atoms with van der Waals surface area (Å²) in [6.07, 6.45) is 33.7. The minimum absolute atomic E-state index is 0.584. The van der Waals surface area contributed by atoms with E-state index in [2.05, 4.69) is 85.8 Å². The van der Waals surface area contributed by atoms with Crippen molar-refractivity contribution in [2.45, 2.75) is 184 Å². The second-order valence-electron chi connectivity index (χ2n) is 14.9. The molecule has 4 atom stereocenters. The van der Waals surface area contributed by atoms with E-state index >= 15 is 0 Å². The fourth-order valence-electron chi connectivity index (χ4n) is 5.66. The molecule has 0 bridgehead atoms. The maximum absolute atomic E-state index is 9.83. The molecule has 1 heteroatoms.